The number of rotatable bonds is 7. The Morgan fingerprint density at radius 2 is 1.77 bits per heavy atom. The van der Waals surface area contributed by atoms with Crippen LogP contribution in [0.25, 0.3) is 0 Å². The van der Waals surface area contributed by atoms with E-state index in [4.69, 9.17) is 14.2 Å². The molecule has 2 aromatic carbocycles. The first-order valence-corrected chi connectivity index (χ1v) is 9.88. The van der Waals surface area contributed by atoms with Gasteiger partial charge in [0.25, 0.3) is 5.91 Å². The molecule has 164 valence electrons. The molecule has 2 amide bonds. The number of hydrogen-bond donors (Lipinski definition) is 1. The van der Waals surface area contributed by atoms with Gasteiger partial charge in [-0.2, -0.15) is 0 Å². The lowest BCUT2D eigenvalue weighted by Crippen LogP contribution is -2.28. The maximum atomic E-state index is 12.5. The van der Waals surface area contributed by atoms with Crippen LogP contribution in [0.3, 0.4) is 0 Å². The van der Waals surface area contributed by atoms with Gasteiger partial charge in [-0.25, -0.2) is 0 Å². The molecular weight excluding hydrogens is 400 g/mol. The number of nitrogens with zero attached hydrogens (tertiary/aromatic N) is 1. The average Bonchev–Trinajstić information content (AvgIpc) is 3.12. The zero-order valence-electron chi connectivity index (χ0n) is 18.1. The number of amides is 2. The monoisotopic (exact) mass is 426 g/mol. The van der Waals surface area contributed by atoms with Crippen molar-refractivity contribution in [3.05, 3.63) is 47.5 Å². The number of ether oxygens (including phenoxy) is 3. The van der Waals surface area contributed by atoms with Gasteiger partial charge in [-0.3, -0.25) is 14.4 Å². The van der Waals surface area contributed by atoms with Crippen molar-refractivity contribution in [3.8, 4) is 11.5 Å². The molecule has 31 heavy (non-hydrogen) atoms. The SMILES string of the molecule is COc1ccc(OC)c(N2C[C@@H](C(=O)OCC(=O)Nc3cc(C)cc(C)c3)CC2=O)c1. The number of nitrogens with one attached hydrogen (secondary N) is 1. The summed E-state index contributed by atoms with van der Waals surface area (Å²) < 4.78 is 15.7. The van der Waals surface area contributed by atoms with Crippen LogP contribution in [0, 0.1) is 19.8 Å². The van der Waals surface area contributed by atoms with Gasteiger partial charge in [0.05, 0.1) is 25.8 Å². The molecule has 1 fully saturated rings. The van der Waals surface area contributed by atoms with Gasteiger partial charge < -0.3 is 24.4 Å². The van der Waals surface area contributed by atoms with Gasteiger partial charge in [0.1, 0.15) is 11.5 Å². The first kappa shape index (κ1) is 22.1. The van der Waals surface area contributed by atoms with Crippen molar-refractivity contribution >= 4 is 29.2 Å². The molecule has 0 aliphatic carbocycles. The minimum Gasteiger partial charge on any atom is -0.497 e. The summed E-state index contributed by atoms with van der Waals surface area (Å²) in [5.74, 6) is -0.860. The van der Waals surface area contributed by atoms with Crippen molar-refractivity contribution in [3.63, 3.8) is 0 Å². The van der Waals surface area contributed by atoms with Crippen molar-refractivity contribution in [1.82, 2.24) is 0 Å². The van der Waals surface area contributed by atoms with Crippen LogP contribution >= 0.6 is 0 Å². The molecule has 8 heteroatoms. The van der Waals surface area contributed by atoms with Gasteiger partial charge in [0, 0.05) is 24.7 Å². The first-order chi connectivity index (χ1) is 14.8. The third kappa shape index (κ3) is 5.33. The molecule has 1 N–H and O–H groups in total. The number of methoxy groups -OCH3 is 2. The van der Waals surface area contributed by atoms with Crippen LogP contribution in [0.15, 0.2) is 36.4 Å². The number of carbonyl (C=O) groups excluding carboxylic acids is 3. The van der Waals surface area contributed by atoms with Gasteiger partial charge in [-0.1, -0.05) is 6.07 Å². The summed E-state index contributed by atoms with van der Waals surface area (Å²) in [4.78, 5) is 38.7. The third-order valence-electron chi connectivity index (χ3n) is 4.99. The predicted octanol–water partition coefficient (Wildman–Crippen LogP) is 2.86. The van der Waals surface area contributed by atoms with E-state index in [1.807, 2.05) is 32.0 Å². The fourth-order valence-corrected chi connectivity index (χ4v) is 3.60. The van der Waals surface area contributed by atoms with E-state index in [0.29, 0.717) is 22.9 Å². The Labute approximate surface area is 181 Å². The average molecular weight is 426 g/mol. The summed E-state index contributed by atoms with van der Waals surface area (Å²) in [5, 5.41) is 2.72. The third-order valence-corrected chi connectivity index (χ3v) is 4.99. The summed E-state index contributed by atoms with van der Waals surface area (Å²) in [7, 11) is 3.03. The molecule has 0 unspecified atom stereocenters. The van der Waals surface area contributed by atoms with Gasteiger partial charge in [0.15, 0.2) is 6.61 Å². The van der Waals surface area contributed by atoms with Crippen molar-refractivity contribution in [2.45, 2.75) is 20.3 Å². The van der Waals surface area contributed by atoms with E-state index in [1.165, 1.54) is 19.1 Å². The van der Waals surface area contributed by atoms with E-state index in [9.17, 15) is 14.4 Å². The topological polar surface area (TPSA) is 94.2 Å². The Hall–Kier alpha value is -3.55. The Morgan fingerprint density at radius 1 is 1.06 bits per heavy atom. The maximum absolute atomic E-state index is 12.5. The van der Waals surface area contributed by atoms with Crippen molar-refractivity contribution < 1.29 is 28.6 Å². The number of esters is 1. The Morgan fingerprint density at radius 3 is 2.42 bits per heavy atom. The summed E-state index contributed by atoms with van der Waals surface area (Å²) in [6.45, 7) is 3.59. The van der Waals surface area contributed by atoms with E-state index < -0.39 is 24.4 Å². The van der Waals surface area contributed by atoms with Crippen LogP contribution in [0.4, 0.5) is 11.4 Å². The predicted molar refractivity (Wildman–Crippen MR) is 116 cm³/mol. The van der Waals surface area contributed by atoms with Crippen LogP contribution in [0.1, 0.15) is 17.5 Å². The van der Waals surface area contributed by atoms with Crippen molar-refractivity contribution in [1.29, 1.82) is 0 Å². The van der Waals surface area contributed by atoms with E-state index >= 15 is 0 Å². The fourth-order valence-electron chi connectivity index (χ4n) is 3.60. The second-order valence-electron chi connectivity index (χ2n) is 7.48. The lowest BCUT2D eigenvalue weighted by molar-refractivity contribution is -0.151. The van der Waals surface area contributed by atoms with Gasteiger partial charge in [-0.15, -0.1) is 0 Å². The largest absolute Gasteiger partial charge is 0.497 e. The molecule has 1 aliphatic rings. The molecule has 1 heterocycles. The zero-order chi connectivity index (χ0) is 22.5. The normalized spacial score (nSPS) is 15.5. The molecule has 0 bridgehead atoms. The highest BCUT2D eigenvalue weighted by Crippen LogP contribution is 2.36. The lowest BCUT2D eigenvalue weighted by Gasteiger charge is -2.20. The van der Waals surface area contributed by atoms with E-state index in [2.05, 4.69) is 5.32 Å². The highest BCUT2D eigenvalue weighted by atomic mass is 16.5. The first-order valence-electron chi connectivity index (χ1n) is 9.88. The van der Waals surface area contributed by atoms with E-state index in [-0.39, 0.29) is 18.9 Å². The smallest absolute Gasteiger partial charge is 0.311 e. The van der Waals surface area contributed by atoms with Crippen LogP contribution in [0.5, 0.6) is 11.5 Å². The number of aryl methyl sites for hydroxylation is 2. The van der Waals surface area contributed by atoms with Crippen LogP contribution in [-0.4, -0.2) is 45.2 Å². The van der Waals surface area contributed by atoms with Crippen LogP contribution < -0.4 is 19.7 Å². The molecule has 0 radical (unpaired) electrons. The number of hydrogen-bond acceptors (Lipinski definition) is 6. The molecule has 1 saturated heterocycles. The second kappa shape index (κ2) is 9.51. The van der Waals surface area contributed by atoms with Crippen molar-refractivity contribution in [2.75, 3.05) is 37.6 Å². The quantitative estimate of drug-likeness (QED) is 0.685. The van der Waals surface area contributed by atoms with Crippen LogP contribution in [-0.2, 0) is 19.1 Å². The molecule has 0 spiro atoms. The molecule has 3 rings (SSSR count). The van der Waals surface area contributed by atoms with Gasteiger partial charge >= 0.3 is 5.97 Å². The lowest BCUT2D eigenvalue weighted by atomic mass is 10.1. The highest BCUT2D eigenvalue weighted by molar-refractivity contribution is 6.01. The molecule has 0 aromatic heterocycles. The number of carbonyl (C=O) groups is 3. The van der Waals surface area contributed by atoms with Gasteiger partial charge in [0.2, 0.25) is 5.91 Å². The molecule has 8 nitrogen and oxygen atoms in total. The molecule has 2 aromatic rings. The minimum absolute atomic E-state index is 0.00209. The highest BCUT2D eigenvalue weighted by Gasteiger charge is 2.37. The maximum Gasteiger partial charge on any atom is 0.311 e. The van der Waals surface area contributed by atoms with Crippen LogP contribution in [0.2, 0.25) is 0 Å². The molecule has 1 atom stereocenters. The Kier molecular flexibility index (Phi) is 6.79. The molecule has 1 aliphatic heterocycles. The summed E-state index contributed by atoms with van der Waals surface area (Å²) in [6, 6.07) is 10.8. The van der Waals surface area contributed by atoms with E-state index in [0.717, 1.165) is 11.1 Å². The standard InChI is InChI=1S/C23H26N2O6/c1-14-7-15(2)9-17(8-14)24-21(26)13-31-23(28)16-10-22(27)25(12-16)19-11-18(29-3)5-6-20(19)30-4/h5-9,11,16H,10,12-13H2,1-4H3,(H,24,26)/t16-/m0/s1. The molecular formula is C23H26N2O6. The zero-order valence-corrected chi connectivity index (χ0v) is 18.1. The minimum atomic E-state index is -0.669. The molecule has 0 saturated carbocycles. The summed E-state index contributed by atoms with van der Waals surface area (Å²) in [6.07, 6.45) is -0.00209. The second-order valence-corrected chi connectivity index (χ2v) is 7.48. The number of benzene rings is 2. The van der Waals surface area contributed by atoms with Crippen molar-refractivity contribution in [2.24, 2.45) is 5.92 Å². The Bertz CT molecular complexity index is 983. The number of anilines is 2. The fraction of sp³-hybridized carbons (Fsp3) is 0.348. The van der Waals surface area contributed by atoms with E-state index in [1.54, 1.807) is 18.2 Å². The summed E-state index contributed by atoms with van der Waals surface area (Å²) in [5.41, 5.74) is 3.20. The van der Waals surface area contributed by atoms with Gasteiger partial charge in [-0.05, 0) is 49.2 Å². The Balaban J connectivity index is 1.60. The summed E-state index contributed by atoms with van der Waals surface area (Å²) >= 11 is 0.